The van der Waals surface area contributed by atoms with Gasteiger partial charge in [0.2, 0.25) is 21.6 Å². The Kier molecular flexibility index (Phi) is 4.23. The molecule has 9 heteroatoms. The lowest BCUT2D eigenvalue weighted by Gasteiger charge is -2.16. The van der Waals surface area contributed by atoms with E-state index in [-0.39, 0.29) is 5.89 Å². The van der Waals surface area contributed by atoms with Crippen molar-refractivity contribution in [1.29, 1.82) is 0 Å². The molecule has 0 bridgehead atoms. The summed E-state index contributed by atoms with van der Waals surface area (Å²) in [4.78, 5) is 14.0. The highest BCUT2D eigenvalue weighted by molar-refractivity contribution is 7.91. The first-order valence-electron chi connectivity index (χ1n) is 8.14. The van der Waals surface area contributed by atoms with Crippen LogP contribution in [-0.2, 0) is 21.1 Å². The fraction of sp³-hybridized carbons (Fsp3) is 0.167. The van der Waals surface area contributed by atoms with Crippen LogP contribution in [0.2, 0.25) is 0 Å². The highest BCUT2D eigenvalue weighted by Gasteiger charge is 2.31. The van der Waals surface area contributed by atoms with Crippen LogP contribution in [0, 0.1) is 5.82 Å². The van der Waals surface area contributed by atoms with Gasteiger partial charge in [-0.3, -0.25) is 4.79 Å². The minimum absolute atomic E-state index is 0.0625. The molecule has 0 atom stereocenters. The first-order chi connectivity index (χ1) is 12.9. The monoisotopic (exact) mass is 387 g/mol. The van der Waals surface area contributed by atoms with Crippen LogP contribution in [0.15, 0.2) is 58.2 Å². The lowest BCUT2D eigenvalue weighted by molar-refractivity contribution is -0.116. The Balaban J connectivity index is 1.54. The van der Waals surface area contributed by atoms with Crippen LogP contribution in [0.1, 0.15) is 5.56 Å². The molecule has 0 unspecified atom stereocenters. The van der Waals surface area contributed by atoms with Crippen molar-refractivity contribution in [2.24, 2.45) is 0 Å². The summed E-state index contributed by atoms with van der Waals surface area (Å²) in [5.74, 6) is -1.83. The molecule has 1 amide bonds. The number of carbonyl (C=O) groups is 1. The van der Waals surface area contributed by atoms with E-state index in [1.54, 1.807) is 12.1 Å². The topological polar surface area (TPSA) is 93.4 Å². The summed E-state index contributed by atoms with van der Waals surface area (Å²) in [5.41, 5.74) is 2.10. The van der Waals surface area contributed by atoms with Gasteiger partial charge in [0.1, 0.15) is 11.6 Å². The van der Waals surface area contributed by atoms with Crippen molar-refractivity contribution in [2.75, 3.05) is 17.2 Å². The molecule has 0 spiro atoms. The Morgan fingerprint density at radius 1 is 1.11 bits per heavy atom. The summed E-state index contributed by atoms with van der Waals surface area (Å²) in [6.07, 6.45) is 0.678. The van der Waals surface area contributed by atoms with E-state index in [0.29, 0.717) is 18.5 Å². The molecule has 1 aromatic heterocycles. The number of sulfone groups is 1. The summed E-state index contributed by atoms with van der Waals surface area (Å²) in [7, 11) is -4.10. The number of anilines is 1. The third-order valence-electron chi connectivity index (χ3n) is 4.27. The van der Waals surface area contributed by atoms with Crippen LogP contribution < -0.4 is 4.90 Å². The quantitative estimate of drug-likeness (QED) is 0.682. The summed E-state index contributed by atoms with van der Waals surface area (Å²) in [5, 5.41) is 6.59. The Morgan fingerprint density at radius 2 is 1.85 bits per heavy atom. The van der Waals surface area contributed by atoms with Gasteiger partial charge in [-0.25, -0.2) is 12.8 Å². The lowest BCUT2D eigenvalue weighted by Crippen LogP contribution is -2.34. The van der Waals surface area contributed by atoms with Crippen molar-refractivity contribution in [1.82, 2.24) is 10.2 Å². The molecule has 3 aromatic rings. The Bertz CT molecular complexity index is 1110. The van der Waals surface area contributed by atoms with Crippen LogP contribution in [0.3, 0.4) is 0 Å². The molecule has 0 fully saturated rings. The number of fused-ring (bicyclic) bond motifs is 1. The van der Waals surface area contributed by atoms with Gasteiger partial charge in [-0.15, -0.1) is 5.10 Å². The van der Waals surface area contributed by atoms with Crippen LogP contribution >= 0.6 is 0 Å². The summed E-state index contributed by atoms with van der Waals surface area (Å²) in [6.45, 7) is 0.429. The maximum atomic E-state index is 13.0. The number of aromatic nitrogens is 2. The van der Waals surface area contributed by atoms with E-state index < -0.39 is 32.5 Å². The van der Waals surface area contributed by atoms with Crippen LogP contribution in [0.4, 0.5) is 10.1 Å². The molecule has 7 nitrogen and oxygen atoms in total. The van der Waals surface area contributed by atoms with E-state index in [4.69, 9.17) is 4.42 Å². The number of benzene rings is 2. The maximum absolute atomic E-state index is 13.0. The smallest absolute Gasteiger partial charge is 0.336 e. The van der Waals surface area contributed by atoms with Crippen LogP contribution in [0.5, 0.6) is 0 Å². The normalized spacial score (nSPS) is 13.6. The van der Waals surface area contributed by atoms with Gasteiger partial charge in [0.15, 0.2) is 0 Å². The zero-order valence-electron chi connectivity index (χ0n) is 14.0. The first kappa shape index (κ1) is 17.3. The Labute approximate surface area is 154 Å². The number of hydrogen-bond acceptors (Lipinski definition) is 6. The first-order valence-corrected chi connectivity index (χ1v) is 9.80. The van der Waals surface area contributed by atoms with Crippen molar-refractivity contribution in [2.45, 2.75) is 11.6 Å². The van der Waals surface area contributed by atoms with Gasteiger partial charge in [-0.2, -0.15) is 0 Å². The number of carbonyl (C=O) groups excluding carboxylic acids is 1. The molecule has 27 heavy (non-hydrogen) atoms. The molecule has 1 aliphatic rings. The molecule has 0 radical (unpaired) electrons. The SMILES string of the molecule is O=C(CS(=O)(=O)c1nnc(-c2ccc(F)cc2)o1)N1CCc2ccccc21. The maximum Gasteiger partial charge on any atom is 0.336 e. The van der Waals surface area contributed by atoms with Crippen molar-refractivity contribution < 1.29 is 22.0 Å². The molecular weight excluding hydrogens is 373 g/mol. The Morgan fingerprint density at radius 3 is 2.63 bits per heavy atom. The molecule has 0 N–H and O–H groups in total. The van der Waals surface area contributed by atoms with E-state index in [2.05, 4.69) is 10.2 Å². The largest absolute Gasteiger partial charge is 0.408 e. The highest BCUT2D eigenvalue weighted by atomic mass is 32.2. The van der Waals surface area contributed by atoms with E-state index in [1.165, 1.54) is 29.2 Å². The van der Waals surface area contributed by atoms with Gasteiger partial charge in [0, 0.05) is 17.8 Å². The molecule has 0 aliphatic carbocycles. The molecular formula is C18H14FN3O4S. The van der Waals surface area contributed by atoms with Gasteiger partial charge in [0.05, 0.1) is 0 Å². The second kappa shape index (κ2) is 6.58. The third kappa shape index (κ3) is 3.33. The van der Waals surface area contributed by atoms with Gasteiger partial charge < -0.3 is 9.32 Å². The molecule has 2 aromatic carbocycles. The van der Waals surface area contributed by atoms with Gasteiger partial charge in [-0.1, -0.05) is 23.3 Å². The minimum Gasteiger partial charge on any atom is -0.408 e. The number of amides is 1. The summed E-state index contributed by atoms with van der Waals surface area (Å²) >= 11 is 0. The molecule has 138 valence electrons. The average molecular weight is 387 g/mol. The number of halogens is 1. The van der Waals surface area contributed by atoms with E-state index in [0.717, 1.165) is 11.3 Å². The number of rotatable bonds is 4. The van der Waals surface area contributed by atoms with Crippen molar-refractivity contribution in [3.8, 4) is 11.5 Å². The lowest BCUT2D eigenvalue weighted by atomic mass is 10.2. The number of nitrogens with zero attached hydrogens (tertiary/aromatic N) is 3. The zero-order chi connectivity index (χ0) is 19.0. The van der Waals surface area contributed by atoms with Gasteiger partial charge in [-0.05, 0) is 42.3 Å². The highest BCUT2D eigenvalue weighted by Crippen LogP contribution is 2.28. The molecule has 4 rings (SSSR count). The number of hydrogen-bond donors (Lipinski definition) is 0. The minimum atomic E-state index is -4.10. The predicted molar refractivity (Wildman–Crippen MR) is 94.2 cm³/mol. The molecule has 0 saturated carbocycles. The standard InChI is InChI=1S/C18H14FN3O4S/c19-14-7-5-13(6-8-14)17-20-21-18(26-17)27(24,25)11-16(23)22-10-9-12-3-1-2-4-15(12)22/h1-8H,9-11H2. The molecule has 1 aliphatic heterocycles. The van der Waals surface area contributed by atoms with Gasteiger partial charge >= 0.3 is 5.22 Å². The van der Waals surface area contributed by atoms with E-state index >= 15 is 0 Å². The van der Waals surface area contributed by atoms with E-state index in [1.807, 2.05) is 12.1 Å². The van der Waals surface area contributed by atoms with E-state index in [9.17, 15) is 17.6 Å². The van der Waals surface area contributed by atoms with Crippen molar-refractivity contribution in [3.63, 3.8) is 0 Å². The van der Waals surface area contributed by atoms with Gasteiger partial charge in [0.25, 0.3) is 0 Å². The second-order valence-electron chi connectivity index (χ2n) is 6.06. The molecule has 0 saturated heterocycles. The van der Waals surface area contributed by atoms with Crippen LogP contribution in [-0.4, -0.2) is 36.8 Å². The molecule has 2 heterocycles. The fourth-order valence-electron chi connectivity index (χ4n) is 2.94. The summed E-state index contributed by atoms with van der Waals surface area (Å²) < 4.78 is 43.2. The Hall–Kier alpha value is -3.07. The van der Waals surface area contributed by atoms with Crippen molar-refractivity contribution in [3.05, 3.63) is 59.9 Å². The summed E-state index contributed by atoms with van der Waals surface area (Å²) in [6, 6.07) is 12.5. The predicted octanol–water partition coefficient (Wildman–Crippen LogP) is 2.24. The third-order valence-corrected chi connectivity index (χ3v) is 5.59. The van der Waals surface area contributed by atoms with Crippen molar-refractivity contribution >= 4 is 21.4 Å². The number of para-hydroxylation sites is 1. The second-order valence-corrected chi connectivity index (χ2v) is 7.93. The zero-order valence-corrected chi connectivity index (χ0v) is 14.8. The average Bonchev–Trinajstić information content (AvgIpc) is 3.30. The van der Waals surface area contributed by atoms with Crippen LogP contribution in [0.25, 0.3) is 11.5 Å². The fourth-order valence-corrected chi connectivity index (χ4v) is 3.92.